The van der Waals surface area contributed by atoms with Crippen molar-refractivity contribution >= 4 is 0 Å². The molecule has 3 heteroatoms. The maximum atomic E-state index is 13.6. The molecule has 0 amide bonds. The van der Waals surface area contributed by atoms with Gasteiger partial charge in [-0.3, -0.25) is 0 Å². The smallest absolute Gasteiger partial charge is 0.126 e. The van der Waals surface area contributed by atoms with Crippen LogP contribution >= 0.6 is 0 Å². The molecular weight excluding hydrogens is 219 g/mol. The van der Waals surface area contributed by atoms with Crippen molar-refractivity contribution in [2.45, 2.75) is 43.8 Å². The third-order valence-corrected chi connectivity index (χ3v) is 3.66. The van der Waals surface area contributed by atoms with Crippen molar-refractivity contribution in [3.8, 4) is 0 Å². The van der Waals surface area contributed by atoms with Crippen LogP contribution in [0.25, 0.3) is 0 Å². The summed E-state index contributed by atoms with van der Waals surface area (Å²) in [5.74, 6) is -0.249. The quantitative estimate of drug-likeness (QED) is 0.877. The highest BCUT2D eigenvalue weighted by Gasteiger charge is 2.39. The van der Waals surface area contributed by atoms with Gasteiger partial charge >= 0.3 is 0 Å². The molecule has 94 valence electrons. The van der Waals surface area contributed by atoms with Gasteiger partial charge in [0.05, 0.1) is 11.7 Å². The van der Waals surface area contributed by atoms with Crippen LogP contribution in [0, 0.1) is 5.82 Å². The second kappa shape index (κ2) is 5.15. The molecule has 0 aromatic heterocycles. The van der Waals surface area contributed by atoms with Crippen molar-refractivity contribution < 1.29 is 14.2 Å². The molecule has 0 aliphatic heterocycles. The standard InChI is InChI=1S/C14H19FO2/c1-17-13-8-4-5-9-14(13,16)10-11-6-2-3-7-12(11)15/h2-3,6-7,13,16H,4-5,8-10H2,1H3. The maximum Gasteiger partial charge on any atom is 0.126 e. The number of hydrogen-bond donors (Lipinski definition) is 1. The topological polar surface area (TPSA) is 29.5 Å². The molecule has 0 radical (unpaired) electrons. The normalized spacial score (nSPS) is 29.2. The van der Waals surface area contributed by atoms with E-state index in [1.807, 2.05) is 0 Å². The summed E-state index contributed by atoms with van der Waals surface area (Å²) < 4.78 is 18.9. The Morgan fingerprint density at radius 2 is 2.18 bits per heavy atom. The van der Waals surface area contributed by atoms with Gasteiger partial charge < -0.3 is 9.84 Å². The zero-order valence-electron chi connectivity index (χ0n) is 10.2. The number of methoxy groups -OCH3 is 1. The van der Waals surface area contributed by atoms with Gasteiger partial charge in [-0.05, 0) is 24.5 Å². The Kier molecular flexibility index (Phi) is 3.79. The van der Waals surface area contributed by atoms with E-state index in [2.05, 4.69) is 0 Å². The Balaban J connectivity index is 2.18. The summed E-state index contributed by atoms with van der Waals surface area (Å²) in [4.78, 5) is 0. The van der Waals surface area contributed by atoms with E-state index in [0.717, 1.165) is 19.3 Å². The SMILES string of the molecule is COC1CCCCC1(O)Cc1ccccc1F. The Bertz CT molecular complexity index is 380. The number of halogens is 1. The number of rotatable bonds is 3. The Morgan fingerprint density at radius 3 is 2.88 bits per heavy atom. The molecule has 1 aromatic rings. The van der Waals surface area contributed by atoms with Crippen molar-refractivity contribution in [2.75, 3.05) is 7.11 Å². The molecule has 0 spiro atoms. The minimum Gasteiger partial charge on any atom is -0.387 e. The summed E-state index contributed by atoms with van der Waals surface area (Å²) in [7, 11) is 1.61. The fourth-order valence-corrected chi connectivity index (χ4v) is 2.70. The summed E-state index contributed by atoms with van der Waals surface area (Å²) >= 11 is 0. The van der Waals surface area contributed by atoms with E-state index in [1.54, 1.807) is 25.3 Å². The van der Waals surface area contributed by atoms with Crippen LogP contribution in [0.4, 0.5) is 4.39 Å². The molecule has 17 heavy (non-hydrogen) atoms. The molecule has 2 rings (SSSR count). The van der Waals surface area contributed by atoms with Crippen molar-refractivity contribution in [3.05, 3.63) is 35.6 Å². The molecule has 1 aliphatic carbocycles. The monoisotopic (exact) mass is 238 g/mol. The predicted octanol–water partition coefficient (Wildman–Crippen LogP) is 2.69. The van der Waals surface area contributed by atoms with Crippen molar-refractivity contribution in [2.24, 2.45) is 0 Å². The zero-order chi connectivity index (χ0) is 12.3. The second-order valence-electron chi connectivity index (χ2n) is 4.84. The van der Waals surface area contributed by atoms with Gasteiger partial charge in [-0.1, -0.05) is 31.0 Å². The lowest BCUT2D eigenvalue weighted by molar-refractivity contribution is -0.116. The zero-order valence-corrected chi connectivity index (χ0v) is 10.2. The number of hydrogen-bond acceptors (Lipinski definition) is 2. The third kappa shape index (κ3) is 2.67. The fourth-order valence-electron chi connectivity index (χ4n) is 2.70. The fraction of sp³-hybridized carbons (Fsp3) is 0.571. The van der Waals surface area contributed by atoms with Crippen molar-refractivity contribution in [1.29, 1.82) is 0 Å². The molecular formula is C14H19FO2. The van der Waals surface area contributed by atoms with Crippen LogP contribution in [-0.4, -0.2) is 23.9 Å². The van der Waals surface area contributed by atoms with Crippen LogP contribution < -0.4 is 0 Å². The van der Waals surface area contributed by atoms with E-state index in [4.69, 9.17) is 4.74 Å². The number of aliphatic hydroxyl groups is 1. The molecule has 1 aliphatic rings. The molecule has 1 aromatic carbocycles. The molecule has 0 bridgehead atoms. The first-order valence-electron chi connectivity index (χ1n) is 6.14. The first-order chi connectivity index (χ1) is 8.15. The van der Waals surface area contributed by atoms with Gasteiger partial charge in [0.2, 0.25) is 0 Å². The maximum absolute atomic E-state index is 13.6. The van der Waals surface area contributed by atoms with Gasteiger partial charge in [0.15, 0.2) is 0 Å². The molecule has 1 N–H and O–H groups in total. The molecule has 2 atom stereocenters. The van der Waals surface area contributed by atoms with Crippen LogP contribution in [0.3, 0.4) is 0 Å². The van der Waals surface area contributed by atoms with E-state index >= 15 is 0 Å². The van der Waals surface area contributed by atoms with Gasteiger partial charge in [0, 0.05) is 13.5 Å². The lowest BCUT2D eigenvalue weighted by Gasteiger charge is -2.39. The van der Waals surface area contributed by atoms with Crippen molar-refractivity contribution in [1.82, 2.24) is 0 Å². The Morgan fingerprint density at radius 1 is 1.41 bits per heavy atom. The minimum atomic E-state index is -0.921. The van der Waals surface area contributed by atoms with Gasteiger partial charge in [-0.2, -0.15) is 0 Å². The molecule has 0 heterocycles. The average molecular weight is 238 g/mol. The summed E-state index contributed by atoms with van der Waals surface area (Å²) in [6, 6.07) is 6.63. The first-order valence-corrected chi connectivity index (χ1v) is 6.14. The predicted molar refractivity (Wildman–Crippen MR) is 64.3 cm³/mol. The van der Waals surface area contributed by atoms with E-state index in [-0.39, 0.29) is 11.9 Å². The number of ether oxygens (including phenoxy) is 1. The van der Waals surface area contributed by atoms with Gasteiger partial charge in [-0.15, -0.1) is 0 Å². The Labute approximate surface area is 101 Å². The largest absolute Gasteiger partial charge is 0.387 e. The van der Waals surface area contributed by atoms with E-state index in [9.17, 15) is 9.50 Å². The van der Waals surface area contributed by atoms with Gasteiger partial charge in [0.1, 0.15) is 5.82 Å². The third-order valence-electron chi connectivity index (χ3n) is 3.66. The average Bonchev–Trinajstić information content (AvgIpc) is 2.32. The van der Waals surface area contributed by atoms with Crippen LogP contribution in [0.5, 0.6) is 0 Å². The lowest BCUT2D eigenvalue weighted by Crippen LogP contribution is -2.47. The molecule has 1 fully saturated rings. The second-order valence-corrected chi connectivity index (χ2v) is 4.84. The summed E-state index contributed by atoms with van der Waals surface area (Å²) in [6.45, 7) is 0. The van der Waals surface area contributed by atoms with E-state index in [1.165, 1.54) is 6.07 Å². The molecule has 2 unspecified atom stereocenters. The van der Waals surface area contributed by atoms with Gasteiger partial charge in [-0.25, -0.2) is 4.39 Å². The van der Waals surface area contributed by atoms with E-state index < -0.39 is 5.60 Å². The Hall–Kier alpha value is -0.930. The molecule has 2 nitrogen and oxygen atoms in total. The molecule has 1 saturated carbocycles. The van der Waals surface area contributed by atoms with Crippen LogP contribution in [-0.2, 0) is 11.2 Å². The van der Waals surface area contributed by atoms with Crippen LogP contribution in [0.15, 0.2) is 24.3 Å². The highest BCUT2D eigenvalue weighted by Crippen LogP contribution is 2.33. The van der Waals surface area contributed by atoms with E-state index in [0.29, 0.717) is 18.4 Å². The highest BCUT2D eigenvalue weighted by molar-refractivity contribution is 5.20. The summed E-state index contributed by atoms with van der Waals surface area (Å²) in [6.07, 6.45) is 3.72. The van der Waals surface area contributed by atoms with Crippen LogP contribution in [0.2, 0.25) is 0 Å². The summed E-state index contributed by atoms with van der Waals surface area (Å²) in [5, 5.41) is 10.6. The first kappa shape index (κ1) is 12.5. The van der Waals surface area contributed by atoms with Gasteiger partial charge in [0.25, 0.3) is 0 Å². The number of benzene rings is 1. The minimum absolute atomic E-state index is 0.184. The highest BCUT2D eigenvalue weighted by atomic mass is 19.1. The molecule has 0 saturated heterocycles. The van der Waals surface area contributed by atoms with Crippen molar-refractivity contribution in [3.63, 3.8) is 0 Å². The summed E-state index contributed by atoms with van der Waals surface area (Å²) in [5.41, 5.74) is -0.353. The lowest BCUT2D eigenvalue weighted by atomic mass is 9.78. The van der Waals surface area contributed by atoms with Crippen LogP contribution in [0.1, 0.15) is 31.2 Å².